The zero-order valence-electron chi connectivity index (χ0n) is 12.2. The Balaban J connectivity index is 1.63. The molecule has 0 amide bonds. The number of nitrogens with one attached hydrogen (secondary N) is 1. The third-order valence-corrected chi connectivity index (χ3v) is 3.41. The first-order valence-corrected chi connectivity index (χ1v) is 7.17. The molecular weight excluding hydrogens is 274 g/mol. The van der Waals surface area contributed by atoms with Gasteiger partial charge in [-0.05, 0) is 25.3 Å². The van der Waals surface area contributed by atoms with Crippen molar-refractivity contribution < 1.29 is 14.4 Å². The highest BCUT2D eigenvalue weighted by Crippen LogP contribution is 2.17. The summed E-state index contributed by atoms with van der Waals surface area (Å²) in [5.74, 6) is 1.22. The third-order valence-electron chi connectivity index (χ3n) is 3.41. The van der Waals surface area contributed by atoms with Gasteiger partial charge in [-0.1, -0.05) is 0 Å². The Hall–Kier alpha value is -1.73. The summed E-state index contributed by atoms with van der Waals surface area (Å²) in [4.78, 5) is 14.3. The number of hydrogen-bond acceptors (Lipinski definition) is 6. The van der Waals surface area contributed by atoms with E-state index in [1.165, 1.54) is 12.3 Å². The van der Waals surface area contributed by atoms with E-state index in [0.717, 1.165) is 44.8 Å². The molecule has 1 fully saturated rings. The van der Waals surface area contributed by atoms with Gasteiger partial charge in [-0.3, -0.25) is 10.1 Å². The molecule has 0 spiro atoms. The van der Waals surface area contributed by atoms with Gasteiger partial charge in [-0.15, -0.1) is 0 Å². The molecule has 116 valence electrons. The molecule has 7 heteroatoms. The number of anilines is 1. The lowest BCUT2D eigenvalue weighted by molar-refractivity contribution is -0.385. The smallest absolute Gasteiger partial charge is 0.287 e. The predicted octanol–water partition coefficient (Wildman–Crippen LogP) is 2.15. The van der Waals surface area contributed by atoms with Gasteiger partial charge in [0.15, 0.2) is 0 Å². The molecule has 2 heterocycles. The summed E-state index contributed by atoms with van der Waals surface area (Å²) < 4.78 is 10.9. The van der Waals surface area contributed by atoms with E-state index in [0.29, 0.717) is 18.3 Å². The fraction of sp³-hybridized carbons (Fsp3) is 0.643. The molecule has 0 bridgehead atoms. The van der Waals surface area contributed by atoms with Crippen molar-refractivity contribution in [3.8, 4) is 0 Å². The van der Waals surface area contributed by atoms with Crippen molar-refractivity contribution in [2.45, 2.75) is 19.8 Å². The normalized spacial score (nSPS) is 17.9. The summed E-state index contributed by atoms with van der Waals surface area (Å²) in [5.41, 5.74) is 0.786. The molecule has 1 aliphatic rings. The second-order valence-electron chi connectivity index (χ2n) is 5.20. The monoisotopic (exact) mass is 295 g/mol. The minimum absolute atomic E-state index is 0.0140. The molecule has 0 aliphatic carbocycles. The van der Waals surface area contributed by atoms with Gasteiger partial charge in [0.2, 0.25) is 0 Å². The molecule has 7 nitrogen and oxygen atoms in total. The summed E-state index contributed by atoms with van der Waals surface area (Å²) in [6, 6.07) is 1.52. The molecule has 1 unspecified atom stereocenters. The molecular formula is C14H21N3O4. The largest absolute Gasteiger partial charge is 0.381 e. The van der Waals surface area contributed by atoms with E-state index < -0.39 is 4.92 Å². The van der Waals surface area contributed by atoms with Crippen LogP contribution in [0.1, 0.15) is 18.4 Å². The van der Waals surface area contributed by atoms with Crippen LogP contribution in [0.5, 0.6) is 0 Å². The van der Waals surface area contributed by atoms with Gasteiger partial charge in [0, 0.05) is 31.7 Å². The summed E-state index contributed by atoms with van der Waals surface area (Å²) in [5, 5.41) is 13.8. The van der Waals surface area contributed by atoms with Gasteiger partial charge in [0.05, 0.1) is 18.1 Å². The summed E-state index contributed by atoms with van der Waals surface area (Å²) >= 11 is 0. The van der Waals surface area contributed by atoms with Crippen LogP contribution in [0, 0.1) is 23.0 Å². The summed E-state index contributed by atoms with van der Waals surface area (Å²) in [7, 11) is 0. The number of hydrogen-bond donors (Lipinski definition) is 1. The van der Waals surface area contributed by atoms with Crippen LogP contribution >= 0.6 is 0 Å². The van der Waals surface area contributed by atoms with Gasteiger partial charge in [-0.2, -0.15) is 0 Å². The Kier molecular flexibility index (Phi) is 5.89. The number of ether oxygens (including phenoxy) is 2. The van der Waals surface area contributed by atoms with Crippen molar-refractivity contribution in [2.75, 3.05) is 38.3 Å². The minimum atomic E-state index is -0.440. The first kappa shape index (κ1) is 15.7. The Bertz CT molecular complexity index is 475. The highest BCUT2D eigenvalue weighted by atomic mass is 16.6. The molecule has 21 heavy (non-hydrogen) atoms. The van der Waals surface area contributed by atoms with E-state index in [-0.39, 0.29) is 5.69 Å². The number of nitrogens with zero attached hydrogens (tertiary/aromatic N) is 2. The van der Waals surface area contributed by atoms with E-state index in [2.05, 4.69) is 10.3 Å². The van der Waals surface area contributed by atoms with Gasteiger partial charge in [0.25, 0.3) is 5.69 Å². The van der Waals surface area contributed by atoms with E-state index in [1.807, 2.05) is 0 Å². The number of nitro groups is 1. The highest BCUT2D eigenvalue weighted by Gasteiger charge is 2.15. The Morgan fingerprint density at radius 1 is 1.62 bits per heavy atom. The van der Waals surface area contributed by atoms with E-state index in [9.17, 15) is 10.1 Å². The quantitative estimate of drug-likeness (QED) is 0.449. The fourth-order valence-corrected chi connectivity index (χ4v) is 2.19. The number of pyridine rings is 1. The zero-order chi connectivity index (χ0) is 15.1. The second-order valence-corrected chi connectivity index (χ2v) is 5.20. The van der Waals surface area contributed by atoms with Gasteiger partial charge in [0.1, 0.15) is 12.0 Å². The SMILES string of the molecule is Cc1cc([N+](=O)[O-])cnc1NCCCOCC1CCOC1. The van der Waals surface area contributed by atoms with Crippen molar-refractivity contribution in [1.29, 1.82) is 0 Å². The Labute approximate surface area is 123 Å². The van der Waals surface area contributed by atoms with Crippen molar-refractivity contribution >= 4 is 11.5 Å². The molecule has 0 saturated carbocycles. The number of aromatic nitrogens is 1. The highest BCUT2D eigenvalue weighted by molar-refractivity contribution is 5.48. The van der Waals surface area contributed by atoms with Crippen LogP contribution in [-0.2, 0) is 9.47 Å². The van der Waals surface area contributed by atoms with Crippen molar-refractivity contribution in [2.24, 2.45) is 5.92 Å². The lowest BCUT2D eigenvalue weighted by Crippen LogP contribution is -2.12. The summed E-state index contributed by atoms with van der Waals surface area (Å²) in [6.45, 7) is 5.64. The van der Waals surface area contributed by atoms with Crippen LogP contribution in [0.25, 0.3) is 0 Å². The molecule has 1 aromatic rings. The maximum Gasteiger partial charge on any atom is 0.287 e. The predicted molar refractivity (Wildman–Crippen MR) is 78.5 cm³/mol. The van der Waals surface area contributed by atoms with E-state index >= 15 is 0 Å². The average molecular weight is 295 g/mol. The Morgan fingerprint density at radius 3 is 3.14 bits per heavy atom. The van der Waals surface area contributed by atoms with E-state index in [1.54, 1.807) is 6.92 Å². The van der Waals surface area contributed by atoms with Crippen LogP contribution in [0.4, 0.5) is 11.5 Å². The summed E-state index contributed by atoms with van der Waals surface area (Å²) in [6.07, 6.45) is 3.22. The fourth-order valence-electron chi connectivity index (χ4n) is 2.19. The molecule has 1 N–H and O–H groups in total. The first-order valence-electron chi connectivity index (χ1n) is 7.17. The minimum Gasteiger partial charge on any atom is -0.381 e. The van der Waals surface area contributed by atoms with Crippen LogP contribution in [-0.4, -0.2) is 42.9 Å². The molecule has 1 aliphatic heterocycles. The number of aryl methyl sites for hydroxylation is 1. The van der Waals surface area contributed by atoms with Crippen molar-refractivity contribution in [1.82, 2.24) is 4.98 Å². The maximum atomic E-state index is 10.6. The topological polar surface area (TPSA) is 86.5 Å². The van der Waals surface area contributed by atoms with Crippen LogP contribution in [0.3, 0.4) is 0 Å². The molecule has 1 atom stereocenters. The first-order chi connectivity index (χ1) is 10.2. The van der Waals surface area contributed by atoms with Crippen molar-refractivity contribution in [3.63, 3.8) is 0 Å². The van der Waals surface area contributed by atoms with Crippen LogP contribution < -0.4 is 5.32 Å². The molecule has 0 aromatic carbocycles. The zero-order valence-corrected chi connectivity index (χ0v) is 12.2. The Morgan fingerprint density at radius 2 is 2.48 bits per heavy atom. The van der Waals surface area contributed by atoms with Crippen LogP contribution in [0.2, 0.25) is 0 Å². The average Bonchev–Trinajstić information content (AvgIpc) is 2.97. The molecule has 2 rings (SSSR count). The second kappa shape index (κ2) is 7.90. The molecule has 1 aromatic heterocycles. The van der Waals surface area contributed by atoms with Crippen molar-refractivity contribution in [3.05, 3.63) is 27.9 Å². The standard InChI is InChI=1S/C14H21N3O4/c1-11-7-13(17(18)19)8-16-14(11)15-4-2-5-20-9-12-3-6-21-10-12/h7-8,12H,2-6,9-10H2,1H3,(H,15,16). The van der Waals surface area contributed by atoms with Gasteiger partial charge in [-0.25, -0.2) is 4.98 Å². The maximum absolute atomic E-state index is 10.6. The van der Waals surface area contributed by atoms with E-state index in [4.69, 9.17) is 9.47 Å². The lowest BCUT2D eigenvalue weighted by Gasteiger charge is -2.10. The van der Waals surface area contributed by atoms with Crippen LogP contribution in [0.15, 0.2) is 12.3 Å². The molecule has 0 radical (unpaired) electrons. The third kappa shape index (κ3) is 4.95. The van der Waals surface area contributed by atoms with Gasteiger partial charge >= 0.3 is 0 Å². The van der Waals surface area contributed by atoms with Gasteiger partial charge < -0.3 is 14.8 Å². The lowest BCUT2D eigenvalue weighted by atomic mass is 10.1. The molecule has 1 saturated heterocycles. The number of rotatable bonds is 8.